The molecule has 6 heteroatoms. The average Bonchev–Trinajstić information content (AvgIpc) is 2.89. The fourth-order valence-corrected chi connectivity index (χ4v) is 3.00. The van der Waals surface area contributed by atoms with Crippen LogP contribution in [0.25, 0.3) is 10.9 Å². The summed E-state index contributed by atoms with van der Waals surface area (Å²) in [6.07, 6.45) is 0.637. The lowest BCUT2D eigenvalue weighted by Crippen LogP contribution is -1.92. The van der Waals surface area contributed by atoms with Gasteiger partial charge in [-0.05, 0) is 18.2 Å². The third kappa shape index (κ3) is 2.66. The molecule has 21 heavy (non-hydrogen) atoms. The molecule has 2 aromatic carbocycles. The van der Waals surface area contributed by atoms with E-state index in [-0.39, 0.29) is 5.69 Å². The van der Waals surface area contributed by atoms with E-state index in [4.69, 9.17) is 0 Å². The number of fused-ring (bicyclic) bond motifs is 1. The summed E-state index contributed by atoms with van der Waals surface area (Å²) >= 11 is 1.38. The number of rotatable bonds is 4. The van der Waals surface area contributed by atoms with E-state index in [1.807, 2.05) is 30.3 Å². The zero-order valence-electron chi connectivity index (χ0n) is 10.8. The minimum absolute atomic E-state index is 0.0851. The average molecular weight is 298 g/mol. The molecule has 0 saturated carbocycles. The van der Waals surface area contributed by atoms with Crippen molar-refractivity contribution in [1.29, 1.82) is 0 Å². The molecule has 0 fully saturated rings. The third-order valence-electron chi connectivity index (χ3n) is 3.06. The number of carbonyl (C=O) groups excluding carboxylic acids is 1. The second-order valence-corrected chi connectivity index (χ2v) is 5.50. The second kappa shape index (κ2) is 5.41. The Hall–Kier alpha value is -2.60. The number of nitro groups is 1. The first-order valence-corrected chi connectivity index (χ1v) is 6.98. The van der Waals surface area contributed by atoms with Crippen molar-refractivity contribution in [2.24, 2.45) is 0 Å². The van der Waals surface area contributed by atoms with E-state index in [1.54, 1.807) is 6.07 Å². The first-order chi connectivity index (χ1) is 10.2. The first kappa shape index (κ1) is 13.4. The molecule has 0 bridgehead atoms. The van der Waals surface area contributed by atoms with Gasteiger partial charge in [0.1, 0.15) is 0 Å². The molecule has 0 atom stereocenters. The summed E-state index contributed by atoms with van der Waals surface area (Å²) in [5, 5.41) is 12.7. The molecule has 0 amide bonds. The highest BCUT2D eigenvalue weighted by molar-refractivity contribution is 7.99. The third-order valence-corrected chi connectivity index (χ3v) is 4.09. The highest BCUT2D eigenvalue weighted by Crippen LogP contribution is 2.33. The number of nitrogens with zero attached hydrogens (tertiary/aromatic N) is 1. The fraction of sp³-hybridized carbons (Fsp3) is 0. The number of aldehydes is 1. The highest BCUT2D eigenvalue weighted by Gasteiger charge is 2.12. The van der Waals surface area contributed by atoms with Gasteiger partial charge in [0.25, 0.3) is 5.69 Å². The van der Waals surface area contributed by atoms with Crippen LogP contribution in [0.5, 0.6) is 0 Å². The minimum atomic E-state index is -0.510. The Morgan fingerprint density at radius 1 is 1.14 bits per heavy atom. The number of hydrogen-bond donors (Lipinski definition) is 1. The molecule has 0 saturated heterocycles. The molecule has 0 aliphatic carbocycles. The number of H-pyrrole nitrogens is 1. The Bertz CT molecular complexity index is 809. The van der Waals surface area contributed by atoms with Crippen LogP contribution in [0.3, 0.4) is 0 Å². The van der Waals surface area contributed by atoms with Gasteiger partial charge in [0.2, 0.25) is 0 Å². The van der Waals surface area contributed by atoms with Gasteiger partial charge < -0.3 is 4.98 Å². The number of nitro benzene ring substituents is 1. The van der Waals surface area contributed by atoms with Crippen molar-refractivity contribution in [3.63, 3.8) is 0 Å². The largest absolute Gasteiger partial charge is 0.349 e. The van der Waals surface area contributed by atoms with E-state index in [0.717, 1.165) is 15.9 Å². The number of carbonyl (C=O) groups is 1. The Morgan fingerprint density at radius 2 is 1.95 bits per heavy atom. The maximum atomic E-state index is 11.1. The summed E-state index contributed by atoms with van der Waals surface area (Å²) < 4.78 is 0. The van der Waals surface area contributed by atoms with Gasteiger partial charge in [-0.15, -0.1) is 0 Å². The van der Waals surface area contributed by atoms with Crippen LogP contribution in [0.15, 0.2) is 58.5 Å². The maximum absolute atomic E-state index is 11.1. The second-order valence-electron chi connectivity index (χ2n) is 4.42. The minimum Gasteiger partial charge on any atom is -0.349 e. The van der Waals surface area contributed by atoms with Gasteiger partial charge in [0, 0.05) is 33.5 Å². The maximum Gasteiger partial charge on any atom is 0.270 e. The van der Waals surface area contributed by atoms with Gasteiger partial charge in [0.15, 0.2) is 6.29 Å². The molecule has 0 unspecified atom stereocenters. The number of aromatic nitrogens is 1. The fourth-order valence-electron chi connectivity index (χ4n) is 2.05. The molecule has 0 aliphatic rings. The van der Waals surface area contributed by atoms with Gasteiger partial charge in [-0.1, -0.05) is 30.0 Å². The predicted molar refractivity (Wildman–Crippen MR) is 80.9 cm³/mol. The van der Waals surface area contributed by atoms with E-state index in [2.05, 4.69) is 4.98 Å². The van der Waals surface area contributed by atoms with E-state index < -0.39 is 4.92 Å². The molecule has 3 rings (SSSR count). The Labute approximate surface area is 124 Å². The topological polar surface area (TPSA) is 76.0 Å². The lowest BCUT2D eigenvalue weighted by atomic mass is 10.2. The number of non-ortho nitro benzene ring substituents is 1. The van der Waals surface area contributed by atoms with Crippen LogP contribution in [0, 0.1) is 10.1 Å². The van der Waals surface area contributed by atoms with Gasteiger partial charge in [0.05, 0.1) is 9.95 Å². The standard InChI is InChI=1S/C15H10N2O3S/c18-9-11-7-12(17(19)20)5-6-14(11)21-15-8-10-3-1-2-4-13(10)16-15/h1-9,16H. The molecule has 3 aromatic rings. The number of nitrogens with one attached hydrogen (secondary N) is 1. The molecule has 5 nitrogen and oxygen atoms in total. The van der Waals surface area contributed by atoms with Crippen molar-refractivity contribution in [2.75, 3.05) is 0 Å². The molecule has 1 aromatic heterocycles. The van der Waals surface area contributed by atoms with Crippen LogP contribution in [0.2, 0.25) is 0 Å². The molecule has 0 spiro atoms. The first-order valence-electron chi connectivity index (χ1n) is 6.16. The van der Waals surface area contributed by atoms with Crippen LogP contribution in [-0.2, 0) is 0 Å². The summed E-state index contributed by atoms with van der Waals surface area (Å²) in [5.74, 6) is 0. The quantitative estimate of drug-likeness (QED) is 0.448. The van der Waals surface area contributed by atoms with Crippen molar-refractivity contribution < 1.29 is 9.72 Å². The summed E-state index contributed by atoms with van der Waals surface area (Å²) in [6, 6.07) is 14.1. The van der Waals surface area contributed by atoms with Gasteiger partial charge in [-0.25, -0.2) is 0 Å². The smallest absolute Gasteiger partial charge is 0.270 e. The van der Waals surface area contributed by atoms with Gasteiger partial charge >= 0.3 is 0 Å². The Morgan fingerprint density at radius 3 is 2.67 bits per heavy atom. The molecular weight excluding hydrogens is 288 g/mol. The van der Waals surface area contributed by atoms with Crippen molar-refractivity contribution in [3.05, 3.63) is 64.2 Å². The van der Waals surface area contributed by atoms with Crippen molar-refractivity contribution in [1.82, 2.24) is 4.98 Å². The molecule has 1 N–H and O–H groups in total. The van der Waals surface area contributed by atoms with Crippen LogP contribution < -0.4 is 0 Å². The number of para-hydroxylation sites is 1. The lowest BCUT2D eigenvalue weighted by Gasteiger charge is -2.02. The monoisotopic (exact) mass is 298 g/mol. The van der Waals surface area contributed by atoms with Crippen molar-refractivity contribution in [3.8, 4) is 0 Å². The van der Waals surface area contributed by atoms with Crippen molar-refractivity contribution in [2.45, 2.75) is 9.92 Å². The van der Waals surface area contributed by atoms with Crippen LogP contribution in [0.4, 0.5) is 5.69 Å². The SMILES string of the molecule is O=Cc1cc([N+](=O)[O-])ccc1Sc1cc2ccccc2[nH]1. The van der Waals surface area contributed by atoms with Crippen LogP contribution in [0.1, 0.15) is 10.4 Å². The van der Waals surface area contributed by atoms with Gasteiger partial charge in [-0.3, -0.25) is 14.9 Å². The summed E-state index contributed by atoms with van der Waals surface area (Å²) in [6.45, 7) is 0. The number of benzene rings is 2. The van der Waals surface area contributed by atoms with Crippen molar-refractivity contribution >= 4 is 34.6 Å². The van der Waals surface area contributed by atoms with Crippen LogP contribution >= 0.6 is 11.8 Å². The normalized spacial score (nSPS) is 10.7. The molecular formula is C15H10N2O3S. The number of hydrogen-bond acceptors (Lipinski definition) is 4. The Kier molecular flexibility index (Phi) is 3.45. The highest BCUT2D eigenvalue weighted by atomic mass is 32.2. The molecule has 0 aliphatic heterocycles. The predicted octanol–water partition coefficient (Wildman–Crippen LogP) is 4.04. The zero-order chi connectivity index (χ0) is 14.8. The summed E-state index contributed by atoms with van der Waals surface area (Å²) in [5.41, 5.74) is 1.24. The lowest BCUT2D eigenvalue weighted by molar-refractivity contribution is -0.384. The molecule has 104 valence electrons. The zero-order valence-corrected chi connectivity index (χ0v) is 11.6. The van der Waals surface area contributed by atoms with E-state index in [0.29, 0.717) is 16.7 Å². The Balaban J connectivity index is 1.97. The number of aromatic amines is 1. The van der Waals surface area contributed by atoms with E-state index in [9.17, 15) is 14.9 Å². The summed E-state index contributed by atoms with van der Waals surface area (Å²) in [4.78, 5) is 25.3. The summed E-state index contributed by atoms with van der Waals surface area (Å²) in [7, 11) is 0. The molecule has 1 heterocycles. The van der Waals surface area contributed by atoms with E-state index in [1.165, 1.54) is 23.9 Å². The van der Waals surface area contributed by atoms with Crippen LogP contribution in [-0.4, -0.2) is 16.2 Å². The molecule has 0 radical (unpaired) electrons. The van der Waals surface area contributed by atoms with Gasteiger partial charge in [-0.2, -0.15) is 0 Å². The van der Waals surface area contributed by atoms with E-state index >= 15 is 0 Å².